The van der Waals surface area contributed by atoms with Gasteiger partial charge in [-0.05, 0) is 30.0 Å². The number of fused-ring (bicyclic) bond motifs is 1. The number of nitrogens with one attached hydrogen (secondary N) is 3. The first kappa shape index (κ1) is 18.0. The first-order chi connectivity index (χ1) is 13.6. The number of aromatic nitrogens is 2. The van der Waals surface area contributed by atoms with E-state index in [1.54, 1.807) is 25.1 Å². The van der Waals surface area contributed by atoms with Gasteiger partial charge in [-0.1, -0.05) is 29.4 Å². The summed E-state index contributed by atoms with van der Waals surface area (Å²) < 4.78 is 4.99. The number of hydrogen-bond donors (Lipinski definition) is 3. The summed E-state index contributed by atoms with van der Waals surface area (Å²) in [4.78, 5) is 29.2. The third-order valence-corrected chi connectivity index (χ3v) is 5.21. The van der Waals surface area contributed by atoms with E-state index in [0.29, 0.717) is 22.9 Å². The van der Waals surface area contributed by atoms with Crippen LogP contribution in [-0.2, 0) is 11.2 Å². The second kappa shape index (κ2) is 7.69. The molecule has 3 aromatic heterocycles. The van der Waals surface area contributed by atoms with Crippen molar-refractivity contribution < 1.29 is 14.1 Å². The first-order valence-corrected chi connectivity index (χ1v) is 9.61. The minimum absolute atomic E-state index is 0.286. The molecule has 0 aliphatic carbocycles. The Bertz CT molecular complexity index is 1110. The minimum Gasteiger partial charge on any atom is -0.361 e. The number of aryl methyl sites for hydroxylation is 1. The molecular formula is C20H18N4O3S. The number of rotatable bonds is 6. The summed E-state index contributed by atoms with van der Waals surface area (Å²) in [6, 6.07) is 12.2. The van der Waals surface area contributed by atoms with E-state index in [0.717, 1.165) is 16.5 Å². The molecular weight excluding hydrogens is 376 g/mol. The lowest BCUT2D eigenvalue weighted by molar-refractivity contribution is -0.118. The Balaban J connectivity index is 1.58. The van der Waals surface area contributed by atoms with Crippen LogP contribution in [0.25, 0.3) is 10.9 Å². The molecule has 8 heteroatoms. The molecule has 0 fully saturated rings. The molecule has 0 unspecified atom stereocenters. The Morgan fingerprint density at radius 2 is 2.11 bits per heavy atom. The Labute approximate surface area is 164 Å². The third-order valence-electron chi connectivity index (χ3n) is 4.34. The third kappa shape index (κ3) is 3.81. The van der Waals surface area contributed by atoms with Crippen LogP contribution in [0.15, 0.2) is 58.6 Å². The Kier molecular flexibility index (Phi) is 4.94. The number of hydrogen-bond acceptors (Lipinski definition) is 5. The molecule has 0 aliphatic heterocycles. The quantitative estimate of drug-likeness (QED) is 0.466. The van der Waals surface area contributed by atoms with Gasteiger partial charge in [-0.25, -0.2) is 0 Å². The van der Waals surface area contributed by atoms with Crippen molar-refractivity contribution in [3.05, 3.63) is 70.2 Å². The van der Waals surface area contributed by atoms with Gasteiger partial charge in [0.1, 0.15) is 11.8 Å². The molecule has 0 saturated carbocycles. The van der Waals surface area contributed by atoms with E-state index < -0.39 is 6.04 Å². The summed E-state index contributed by atoms with van der Waals surface area (Å²) in [5, 5.41) is 12.2. The van der Waals surface area contributed by atoms with Crippen molar-refractivity contribution in [3.8, 4) is 0 Å². The van der Waals surface area contributed by atoms with Crippen molar-refractivity contribution in [1.82, 2.24) is 15.5 Å². The molecule has 3 N–H and O–H groups in total. The van der Waals surface area contributed by atoms with E-state index in [1.165, 1.54) is 11.3 Å². The topological polar surface area (TPSA) is 100 Å². The number of aromatic amines is 1. The lowest BCUT2D eigenvalue weighted by Gasteiger charge is -2.17. The zero-order chi connectivity index (χ0) is 19.5. The first-order valence-electron chi connectivity index (χ1n) is 8.73. The summed E-state index contributed by atoms with van der Waals surface area (Å²) in [6.45, 7) is 1.74. The summed E-state index contributed by atoms with van der Waals surface area (Å²) in [5.74, 6) is 0.262. The Morgan fingerprint density at radius 1 is 1.25 bits per heavy atom. The fraction of sp³-hybridized carbons (Fsp3) is 0.150. The average Bonchev–Trinajstić information content (AvgIpc) is 3.43. The van der Waals surface area contributed by atoms with Gasteiger partial charge in [-0.3, -0.25) is 9.59 Å². The highest BCUT2D eigenvalue weighted by Gasteiger charge is 2.24. The van der Waals surface area contributed by atoms with E-state index in [9.17, 15) is 9.59 Å². The van der Waals surface area contributed by atoms with Crippen molar-refractivity contribution in [2.45, 2.75) is 19.4 Å². The van der Waals surface area contributed by atoms with Gasteiger partial charge in [-0.15, -0.1) is 11.3 Å². The van der Waals surface area contributed by atoms with Gasteiger partial charge in [0.2, 0.25) is 5.91 Å². The normalized spacial score (nSPS) is 12.0. The molecule has 0 aliphatic rings. The van der Waals surface area contributed by atoms with Gasteiger partial charge in [0.05, 0.1) is 4.88 Å². The molecule has 0 saturated heterocycles. The van der Waals surface area contributed by atoms with Crippen LogP contribution in [0.1, 0.15) is 21.0 Å². The fourth-order valence-corrected chi connectivity index (χ4v) is 3.63. The summed E-state index contributed by atoms with van der Waals surface area (Å²) in [6.07, 6.45) is 2.20. The fourth-order valence-electron chi connectivity index (χ4n) is 3.01. The van der Waals surface area contributed by atoms with Crippen LogP contribution in [-0.4, -0.2) is 28.0 Å². The van der Waals surface area contributed by atoms with Crippen LogP contribution in [0.4, 0.5) is 5.82 Å². The molecule has 3 heterocycles. The van der Waals surface area contributed by atoms with Crippen molar-refractivity contribution in [1.29, 1.82) is 0 Å². The van der Waals surface area contributed by atoms with Crippen molar-refractivity contribution in [2.24, 2.45) is 0 Å². The molecule has 28 heavy (non-hydrogen) atoms. The average molecular weight is 394 g/mol. The van der Waals surface area contributed by atoms with Crippen LogP contribution < -0.4 is 10.6 Å². The molecule has 4 rings (SSSR count). The molecule has 0 spiro atoms. The molecule has 4 aromatic rings. The number of H-pyrrole nitrogens is 1. The van der Waals surface area contributed by atoms with E-state index in [1.807, 2.05) is 35.8 Å². The number of nitrogens with zero attached hydrogens (tertiary/aromatic N) is 1. The zero-order valence-electron chi connectivity index (χ0n) is 15.1. The number of anilines is 1. The molecule has 1 atom stereocenters. The molecule has 142 valence electrons. The Morgan fingerprint density at radius 3 is 2.86 bits per heavy atom. The van der Waals surface area contributed by atoms with Crippen molar-refractivity contribution in [3.63, 3.8) is 0 Å². The smallest absolute Gasteiger partial charge is 0.262 e. The zero-order valence-corrected chi connectivity index (χ0v) is 15.9. The van der Waals surface area contributed by atoms with Gasteiger partial charge in [-0.2, -0.15) is 0 Å². The highest BCUT2D eigenvalue weighted by molar-refractivity contribution is 7.12. The maximum absolute atomic E-state index is 12.9. The van der Waals surface area contributed by atoms with Gasteiger partial charge in [0, 0.05) is 29.6 Å². The van der Waals surface area contributed by atoms with Crippen LogP contribution in [0.5, 0.6) is 0 Å². The number of thiophene rings is 1. The maximum Gasteiger partial charge on any atom is 0.262 e. The van der Waals surface area contributed by atoms with Gasteiger partial charge in [0.25, 0.3) is 5.91 Å². The summed E-state index contributed by atoms with van der Waals surface area (Å²) in [7, 11) is 0. The number of amides is 2. The number of benzene rings is 1. The summed E-state index contributed by atoms with van der Waals surface area (Å²) >= 11 is 1.33. The monoisotopic (exact) mass is 394 g/mol. The SMILES string of the molecule is Cc1cc(NC(=O)[C@H](Cc2c[nH]c3ccccc23)NC(=O)c2cccs2)no1. The van der Waals surface area contributed by atoms with Crippen molar-refractivity contribution >= 4 is 39.9 Å². The van der Waals surface area contributed by atoms with Crippen LogP contribution in [0.3, 0.4) is 0 Å². The van der Waals surface area contributed by atoms with E-state index in [2.05, 4.69) is 20.8 Å². The van der Waals surface area contributed by atoms with Gasteiger partial charge in [0.15, 0.2) is 5.82 Å². The molecule has 2 amide bonds. The van der Waals surface area contributed by atoms with E-state index in [-0.39, 0.29) is 11.8 Å². The number of carbonyl (C=O) groups is 2. The van der Waals surface area contributed by atoms with Crippen LogP contribution in [0.2, 0.25) is 0 Å². The van der Waals surface area contributed by atoms with Crippen LogP contribution >= 0.6 is 11.3 Å². The van der Waals surface area contributed by atoms with Gasteiger partial charge < -0.3 is 20.1 Å². The largest absolute Gasteiger partial charge is 0.361 e. The molecule has 0 bridgehead atoms. The maximum atomic E-state index is 12.9. The van der Waals surface area contributed by atoms with E-state index >= 15 is 0 Å². The predicted molar refractivity (Wildman–Crippen MR) is 107 cm³/mol. The Hall–Kier alpha value is -3.39. The summed E-state index contributed by atoms with van der Waals surface area (Å²) in [5.41, 5.74) is 1.92. The van der Waals surface area contributed by atoms with E-state index in [4.69, 9.17) is 4.52 Å². The predicted octanol–water partition coefficient (Wildman–Crippen LogP) is 3.51. The molecule has 0 radical (unpaired) electrons. The molecule has 1 aromatic carbocycles. The minimum atomic E-state index is -0.772. The molecule has 7 nitrogen and oxygen atoms in total. The van der Waals surface area contributed by atoms with Crippen molar-refractivity contribution in [2.75, 3.05) is 5.32 Å². The highest BCUT2D eigenvalue weighted by Crippen LogP contribution is 2.20. The number of para-hydroxylation sites is 1. The lowest BCUT2D eigenvalue weighted by Crippen LogP contribution is -2.45. The second-order valence-electron chi connectivity index (χ2n) is 6.38. The lowest BCUT2D eigenvalue weighted by atomic mass is 10.0. The standard InChI is InChI=1S/C20H18N4O3S/c1-12-9-18(24-27-12)23-19(25)16(22-20(26)17-7-4-8-28-17)10-13-11-21-15-6-3-2-5-14(13)15/h2-9,11,16,21H,10H2,1H3,(H,22,26)(H,23,24,25)/t16-/m0/s1. The number of carbonyl (C=O) groups excluding carboxylic acids is 2. The highest BCUT2D eigenvalue weighted by atomic mass is 32.1. The van der Waals surface area contributed by atoms with Gasteiger partial charge >= 0.3 is 0 Å². The second-order valence-corrected chi connectivity index (χ2v) is 7.33. The van der Waals surface area contributed by atoms with Crippen LogP contribution in [0, 0.1) is 6.92 Å².